The van der Waals surface area contributed by atoms with Crippen LogP contribution in [0.15, 0.2) is 67.0 Å². The van der Waals surface area contributed by atoms with Crippen LogP contribution in [0.2, 0.25) is 0 Å². The van der Waals surface area contributed by atoms with Crippen LogP contribution in [-0.4, -0.2) is 32.7 Å². The number of benzene rings is 2. The van der Waals surface area contributed by atoms with Gasteiger partial charge in [-0.05, 0) is 69.0 Å². The highest BCUT2D eigenvalue weighted by atomic mass is 16.2. The van der Waals surface area contributed by atoms with Gasteiger partial charge >= 0.3 is 6.03 Å². The molecule has 5 rings (SSSR count). The molecule has 1 aliphatic rings. The van der Waals surface area contributed by atoms with Gasteiger partial charge in [-0.15, -0.1) is 5.10 Å². The third-order valence-corrected chi connectivity index (χ3v) is 6.34. The zero-order valence-electron chi connectivity index (χ0n) is 19.7. The Bertz CT molecular complexity index is 1290. The molecule has 2 heterocycles. The van der Waals surface area contributed by atoms with Gasteiger partial charge in [0.05, 0.1) is 5.69 Å². The van der Waals surface area contributed by atoms with Gasteiger partial charge in [-0.25, -0.2) is 14.3 Å². The van der Waals surface area contributed by atoms with Gasteiger partial charge in [-0.3, -0.25) is 0 Å². The minimum Gasteiger partial charge on any atom is -0.366 e. The molecule has 0 spiro atoms. The van der Waals surface area contributed by atoms with Crippen molar-refractivity contribution in [3.05, 3.63) is 72.6 Å². The van der Waals surface area contributed by atoms with Gasteiger partial charge in [0, 0.05) is 47.1 Å². The van der Waals surface area contributed by atoms with Crippen LogP contribution in [0.1, 0.15) is 31.2 Å². The fourth-order valence-corrected chi connectivity index (χ4v) is 4.37. The second kappa shape index (κ2) is 10.0. The number of urea groups is 1. The quantitative estimate of drug-likeness (QED) is 0.267. The van der Waals surface area contributed by atoms with Crippen molar-refractivity contribution in [2.75, 3.05) is 21.3 Å². The molecule has 1 saturated carbocycles. The number of hydrogen-bond acceptors (Lipinski definition) is 6. The first-order valence-corrected chi connectivity index (χ1v) is 11.9. The predicted molar refractivity (Wildman–Crippen MR) is 140 cm³/mol. The zero-order chi connectivity index (χ0) is 24.2. The van der Waals surface area contributed by atoms with Crippen LogP contribution in [0, 0.1) is 6.92 Å². The van der Waals surface area contributed by atoms with E-state index in [9.17, 15) is 4.79 Å². The Labute approximate surface area is 204 Å². The van der Waals surface area contributed by atoms with E-state index in [2.05, 4.69) is 26.3 Å². The van der Waals surface area contributed by atoms with Crippen LogP contribution >= 0.6 is 0 Å². The molecule has 180 valence electrons. The van der Waals surface area contributed by atoms with Crippen LogP contribution in [0.3, 0.4) is 0 Å². The van der Waals surface area contributed by atoms with Gasteiger partial charge < -0.3 is 27.0 Å². The molecule has 2 aromatic carbocycles. The summed E-state index contributed by atoms with van der Waals surface area (Å²) < 4.78 is 1.79. The molecule has 1 aliphatic carbocycles. The van der Waals surface area contributed by atoms with Crippen LogP contribution in [0.5, 0.6) is 0 Å². The number of aromatic nitrogens is 3. The third-order valence-electron chi connectivity index (χ3n) is 6.34. The molecule has 6 N–H and O–H groups in total. The van der Waals surface area contributed by atoms with Crippen molar-refractivity contribution in [2.24, 2.45) is 5.73 Å². The number of amides is 2. The highest BCUT2D eigenvalue weighted by Crippen LogP contribution is 2.31. The molecule has 2 aromatic heterocycles. The third kappa shape index (κ3) is 5.36. The maximum absolute atomic E-state index is 12.3. The summed E-state index contributed by atoms with van der Waals surface area (Å²) in [6, 6.07) is 17.3. The highest BCUT2D eigenvalue weighted by molar-refractivity contribution is 5.99. The molecule has 35 heavy (non-hydrogen) atoms. The summed E-state index contributed by atoms with van der Waals surface area (Å²) in [6.45, 7) is 2.05. The first kappa shape index (κ1) is 22.7. The largest absolute Gasteiger partial charge is 0.366 e. The van der Waals surface area contributed by atoms with Crippen molar-refractivity contribution in [1.29, 1.82) is 0 Å². The van der Waals surface area contributed by atoms with E-state index < -0.39 is 0 Å². The lowest BCUT2D eigenvalue weighted by molar-refractivity contribution is 0.262. The molecule has 4 aromatic rings. The van der Waals surface area contributed by atoms with Gasteiger partial charge in [0.2, 0.25) is 0 Å². The fourth-order valence-electron chi connectivity index (χ4n) is 4.37. The minimum atomic E-state index is -0.291. The molecule has 0 unspecified atom stereocenters. The van der Waals surface area contributed by atoms with Crippen molar-refractivity contribution >= 4 is 40.2 Å². The van der Waals surface area contributed by atoms with Gasteiger partial charge in [-0.1, -0.05) is 18.2 Å². The predicted octanol–water partition coefficient (Wildman–Crippen LogP) is 5.11. The maximum Gasteiger partial charge on any atom is 0.323 e. The van der Waals surface area contributed by atoms with Gasteiger partial charge in [-0.2, -0.15) is 0 Å². The number of carbonyl (C=O) groups is 1. The molecule has 0 saturated heterocycles. The molecule has 9 heteroatoms. The Hall–Kier alpha value is -4.11. The molecule has 0 atom stereocenters. The van der Waals surface area contributed by atoms with Crippen LogP contribution in [0.4, 0.5) is 33.4 Å². The van der Waals surface area contributed by atoms with Crippen molar-refractivity contribution in [3.63, 3.8) is 0 Å². The molecule has 0 bridgehead atoms. The summed E-state index contributed by atoms with van der Waals surface area (Å²) in [5, 5.41) is 17.5. The van der Waals surface area contributed by atoms with Crippen LogP contribution < -0.4 is 27.0 Å². The van der Waals surface area contributed by atoms with Gasteiger partial charge in [0.25, 0.3) is 0 Å². The number of nitrogens with zero attached hydrogens (tertiary/aromatic N) is 3. The first-order valence-electron chi connectivity index (χ1n) is 11.9. The lowest BCUT2D eigenvalue weighted by Gasteiger charge is -2.28. The maximum atomic E-state index is 12.3. The summed E-state index contributed by atoms with van der Waals surface area (Å²) in [5.74, 6) is 0.842. The van der Waals surface area contributed by atoms with E-state index >= 15 is 0 Å². The van der Waals surface area contributed by atoms with E-state index in [0.29, 0.717) is 17.8 Å². The summed E-state index contributed by atoms with van der Waals surface area (Å²) in [4.78, 5) is 16.8. The molecule has 1 fully saturated rings. The number of anilines is 5. The zero-order valence-corrected chi connectivity index (χ0v) is 19.7. The van der Waals surface area contributed by atoms with E-state index in [4.69, 9.17) is 10.8 Å². The lowest BCUT2D eigenvalue weighted by Crippen LogP contribution is -2.33. The van der Waals surface area contributed by atoms with Crippen LogP contribution in [0.25, 0.3) is 5.65 Å². The SMILES string of the molecule is Cc1c(NC2CCC(N)CC2)nn2ccnc2c1Nc1ccc(NC(=O)Nc2ccccc2)cc1. The number of rotatable bonds is 6. The number of para-hydroxylation sites is 1. The molecule has 2 amide bonds. The molecule has 0 radical (unpaired) electrons. The van der Waals surface area contributed by atoms with E-state index in [1.807, 2.05) is 67.7 Å². The van der Waals surface area contributed by atoms with Crippen molar-refractivity contribution in [2.45, 2.75) is 44.7 Å². The van der Waals surface area contributed by atoms with E-state index in [1.54, 1.807) is 10.7 Å². The second-order valence-electron chi connectivity index (χ2n) is 8.95. The Balaban J connectivity index is 1.30. The van der Waals surface area contributed by atoms with Gasteiger partial charge in [0.1, 0.15) is 0 Å². The number of hydrogen-bond donors (Lipinski definition) is 5. The Morgan fingerprint density at radius 2 is 1.60 bits per heavy atom. The van der Waals surface area contributed by atoms with Crippen molar-refractivity contribution in [1.82, 2.24) is 14.6 Å². The Morgan fingerprint density at radius 3 is 2.31 bits per heavy atom. The monoisotopic (exact) mass is 470 g/mol. The Kier molecular flexibility index (Phi) is 6.49. The fraction of sp³-hybridized carbons (Fsp3) is 0.269. The molecule has 9 nitrogen and oxygen atoms in total. The Morgan fingerprint density at radius 1 is 0.943 bits per heavy atom. The number of nitrogens with one attached hydrogen (secondary N) is 4. The number of imidazole rings is 1. The number of nitrogens with two attached hydrogens (primary N) is 1. The lowest BCUT2D eigenvalue weighted by atomic mass is 9.92. The van der Waals surface area contributed by atoms with E-state index in [0.717, 1.165) is 59.8 Å². The summed E-state index contributed by atoms with van der Waals surface area (Å²) >= 11 is 0. The normalized spacial score (nSPS) is 17.7. The summed E-state index contributed by atoms with van der Waals surface area (Å²) in [7, 11) is 0. The molecular weight excluding hydrogens is 440 g/mol. The first-order chi connectivity index (χ1) is 17.0. The average molecular weight is 471 g/mol. The summed E-state index contributed by atoms with van der Waals surface area (Å²) in [5.41, 5.74) is 11.0. The van der Waals surface area contributed by atoms with Crippen molar-refractivity contribution < 1.29 is 4.79 Å². The molecule has 0 aliphatic heterocycles. The second-order valence-corrected chi connectivity index (χ2v) is 8.95. The molecular formula is C26H30N8O. The average Bonchev–Trinajstić information content (AvgIpc) is 3.33. The van der Waals surface area contributed by atoms with E-state index in [-0.39, 0.29) is 6.03 Å². The topological polar surface area (TPSA) is 121 Å². The minimum absolute atomic E-state index is 0.291. The number of carbonyl (C=O) groups excluding carboxylic acids is 1. The number of fused-ring (bicyclic) bond motifs is 1. The van der Waals surface area contributed by atoms with Crippen molar-refractivity contribution in [3.8, 4) is 0 Å². The van der Waals surface area contributed by atoms with Gasteiger partial charge in [0.15, 0.2) is 11.5 Å². The van der Waals surface area contributed by atoms with E-state index in [1.165, 1.54) is 0 Å². The standard InChI is InChI=1S/C26H30N8O/c1-17-23(25-28-15-16-34(25)33-24(17)30-21-9-7-18(27)8-10-21)29-20-11-13-22(14-12-20)32-26(35)31-19-5-3-2-4-6-19/h2-6,11-16,18,21,29H,7-10,27H2,1H3,(H,30,33)(H2,31,32,35). The highest BCUT2D eigenvalue weighted by Gasteiger charge is 2.21. The smallest absolute Gasteiger partial charge is 0.323 e. The van der Waals surface area contributed by atoms with Crippen LogP contribution in [-0.2, 0) is 0 Å². The summed E-state index contributed by atoms with van der Waals surface area (Å²) in [6.07, 6.45) is 7.73.